The highest BCUT2D eigenvalue weighted by Gasteiger charge is 2.11. The van der Waals surface area contributed by atoms with Crippen molar-refractivity contribution in [3.63, 3.8) is 0 Å². The Morgan fingerprint density at radius 1 is 1.31 bits per heavy atom. The van der Waals surface area contributed by atoms with Crippen LogP contribution < -0.4 is 5.32 Å². The predicted molar refractivity (Wildman–Crippen MR) is 113 cm³/mol. The zero-order chi connectivity index (χ0) is 17.6. The number of rotatable bonds is 5. The molecule has 0 aliphatic heterocycles. The fourth-order valence-corrected chi connectivity index (χ4v) is 2.59. The first-order valence-electron chi connectivity index (χ1n) is 7.77. The van der Waals surface area contributed by atoms with E-state index in [4.69, 9.17) is 16.0 Å². The molecule has 2 N–H and O–H groups in total. The average Bonchev–Trinajstić information content (AvgIpc) is 3.28. The van der Waals surface area contributed by atoms with Crippen LogP contribution in [0.2, 0.25) is 5.02 Å². The maximum absolute atomic E-state index is 6.22. The van der Waals surface area contributed by atoms with E-state index in [0.29, 0.717) is 30.5 Å². The van der Waals surface area contributed by atoms with Crippen LogP contribution in [0.1, 0.15) is 11.4 Å². The molecule has 0 saturated heterocycles. The third kappa shape index (κ3) is 4.98. The van der Waals surface area contributed by atoms with E-state index in [9.17, 15) is 0 Å². The Labute approximate surface area is 173 Å². The quantitative estimate of drug-likeness (QED) is 0.327. The van der Waals surface area contributed by atoms with Crippen molar-refractivity contribution >= 4 is 41.5 Å². The molecule has 0 aliphatic rings. The number of hydrogen-bond acceptors (Lipinski definition) is 4. The van der Waals surface area contributed by atoms with Crippen LogP contribution in [0.4, 0.5) is 0 Å². The Morgan fingerprint density at radius 2 is 2.12 bits per heavy atom. The van der Waals surface area contributed by atoms with Crippen molar-refractivity contribution in [1.82, 2.24) is 25.4 Å². The Kier molecular flexibility index (Phi) is 7.46. The second kappa shape index (κ2) is 9.58. The van der Waals surface area contributed by atoms with Crippen molar-refractivity contribution in [2.24, 2.45) is 4.99 Å². The van der Waals surface area contributed by atoms with Gasteiger partial charge in [0.2, 0.25) is 5.82 Å². The molecule has 0 unspecified atom stereocenters. The molecule has 0 aliphatic carbocycles. The summed E-state index contributed by atoms with van der Waals surface area (Å²) >= 11 is 6.22. The number of nitrogens with one attached hydrogen (secondary N) is 2. The van der Waals surface area contributed by atoms with Gasteiger partial charge in [0, 0.05) is 25.7 Å². The highest BCUT2D eigenvalue weighted by molar-refractivity contribution is 14.0. The van der Waals surface area contributed by atoms with Gasteiger partial charge < -0.3 is 14.6 Å². The maximum Gasteiger partial charge on any atom is 0.216 e. The monoisotopic (exact) mass is 486 g/mol. The highest BCUT2D eigenvalue weighted by Crippen LogP contribution is 2.17. The van der Waals surface area contributed by atoms with Crippen LogP contribution in [0.25, 0.3) is 11.6 Å². The number of furan rings is 1. The van der Waals surface area contributed by atoms with Crippen LogP contribution in [-0.2, 0) is 13.1 Å². The van der Waals surface area contributed by atoms with Crippen LogP contribution in [0, 0.1) is 0 Å². The van der Waals surface area contributed by atoms with Gasteiger partial charge in [0.1, 0.15) is 5.82 Å². The van der Waals surface area contributed by atoms with Gasteiger partial charge in [-0.15, -0.1) is 29.1 Å². The molecule has 0 fully saturated rings. The minimum Gasteiger partial charge on any atom is -0.461 e. The van der Waals surface area contributed by atoms with Crippen molar-refractivity contribution in [2.45, 2.75) is 13.1 Å². The first-order chi connectivity index (χ1) is 12.2. The molecule has 9 heteroatoms. The minimum atomic E-state index is 0. The molecule has 0 atom stereocenters. The third-order valence-electron chi connectivity index (χ3n) is 3.63. The summed E-state index contributed by atoms with van der Waals surface area (Å²) < 4.78 is 5.29. The lowest BCUT2D eigenvalue weighted by Crippen LogP contribution is -2.38. The molecule has 138 valence electrons. The van der Waals surface area contributed by atoms with Crippen molar-refractivity contribution in [3.8, 4) is 11.6 Å². The molecule has 0 radical (unpaired) electrons. The molecular weight excluding hydrogens is 467 g/mol. The first kappa shape index (κ1) is 20.2. The molecule has 0 bridgehead atoms. The maximum atomic E-state index is 6.22. The van der Waals surface area contributed by atoms with E-state index in [1.165, 1.54) is 0 Å². The Morgan fingerprint density at radius 3 is 2.81 bits per heavy atom. The molecule has 7 nitrogen and oxygen atoms in total. The number of hydrogen-bond donors (Lipinski definition) is 2. The van der Waals surface area contributed by atoms with Gasteiger partial charge >= 0.3 is 0 Å². The number of benzene rings is 1. The van der Waals surface area contributed by atoms with Crippen LogP contribution in [0.5, 0.6) is 0 Å². The summed E-state index contributed by atoms with van der Waals surface area (Å²) in [5.41, 5.74) is 1.04. The number of guanidine groups is 1. The van der Waals surface area contributed by atoms with Gasteiger partial charge in [-0.25, -0.2) is 4.98 Å². The summed E-state index contributed by atoms with van der Waals surface area (Å²) in [4.78, 5) is 10.7. The summed E-state index contributed by atoms with van der Waals surface area (Å²) in [6, 6.07) is 11.4. The van der Waals surface area contributed by atoms with E-state index in [1.54, 1.807) is 19.4 Å². The SMILES string of the molecule is CN=C(NCc1nc(-c2ccco2)n[nH]1)N(C)Cc1ccccc1Cl.I. The molecular formula is C17H20ClIN6O. The lowest BCUT2D eigenvalue weighted by Gasteiger charge is -2.22. The molecule has 0 spiro atoms. The van der Waals surface area contributed by atoms with Crippen LogP contribution in [-0.4, -0.2) is 40.1 Å². The second-order valence-corrected chi connectivity index (χ2v) is 5.84. The third-order valence-corrected chi connectivity index (χ3v) is 3.99. The zero-order valence-corrected chi connectivity index (χ0v) is 17.5. The molecule has 3 rings (SSSR count). The lowest BCUT2D eigenvalue weighted by molar-refractivity contribution is 0.475. The van der Waals surface area contributed by atoms with Gasteiger partial charge in [-0.05, 0) is 23.8 Å². The normalized spacial score (nSPS) is 11.1. The summed E-state index contributed by atoms with van der Waals surface area (Å²) in [6.45, 7) is 1.11. The summed E-state index contributed by atoms with van der Waals surface area (Å²) in [5, 5.41) is 11.0. The highest BCUT2D eigenvalue weighted by atomic mass is 127. The summed E-state index contributed by atoms with van der Waals surface area (Å²) in [7, 11) is 3.69. The Hall–Kier alpha value is -2.07. The van der Waals surface area contributed by atoms with Crippen LogP contribution in [0.3, 0.4) is 0 Å². The smallest absolute Gasteiger partial charge is 0.216 e. The molecule has 0 saturated carbocycles. The predicted octanol–water partition coefficient (Wildman–Crippen LogP) is 3.54. The average molecular weight is 487 g/mol. The van der Waals surface area contributed by atoms with Crippen LogP contribution >= 0.6 is 35.6 Å². The fraction of sp³-hybridized carbons (Fsp3) is 0.235. The zero-order valence-electron chi connectivity index (χ0n) is 14.4. The van der Waals surface area contributed by atoms with E-state index in [2.05, 4.69) is 25.5 Å². The molecule has 1 aromatic carbocycles. The number of aromatic nitrogens is 3. The molecule has 0 amide bonds. The number of aliphatic imine (C=N–C) groups is 1. The Balaban J connectivity index is 0.00000243. The van der Waals surface area contributed by atoms with E-state index < -0.39 is 0 Å². The minimum absolute atomic E-state index is 0. The van der Waals surface area contributed by atoms with E-state index in [1.807, 2.05) is 42.3 Å². The fourth-order valence-electron chi connectivity index (χ4n) is 2.39. The number of H-pyrrole nitrogens is 1. The van der Waals surface area contributed by atoms with Crippen molar-refractivity contribution in [3.05, 3.63) is 59.1 Å². The first-order valence-corrected chi connectivity index (χ1v) is 8.15. The number of nitrogens with zero attached hydrogens (tertiary/aromatic N) is 4. The van der Waals surface area contributed by atoms with Gasteiger partial charge in [-0.2, -0.15) is 0 Å². The van der Waals surface area contributed by atoms with Crippen molar-refractivity contribution in [1.29, 1.82) is 0 Å². The van der Waals surface area contributed by atoms with Gasteiger partial charge in [-0.1, -0.05) is 29.8 Å². The second-order valence-electron chi connectivity index (χ2n) is 5.43. The van der Waals surface area contributed by atoms with E-state index in [0.717, 1.165) is 16.5 Å². The van der Waals surface area contributed by atoms with E-state index in [-0.39, 0.29) is 24.0 Å². The number of aromatic amines is 1. The summed E-state index contributed by atoms with van der Waals surface area (Å²) in [6.07, 6.45) is 1.59. The van der Waals surface area contributed by atoms with Crippen LogP contribution in [0.15, 0.2) is 52.1 Å². The standard InChI is InChI=1S/C17H19ClN6O.HI/c1-19-17(24(2)11-12-6-3-4-7-13(12)18)20-10-15-21-16(23-22-15)14-8-5-9-25-14;/h3-9H,10-11H2,1-2H3,(H,19,20)(H,21,22,23);1H. The van der Waals surface area contributed by atoms with E-state index >= 15 is 0 Å². The van der Waals surface area contributed by atoms with Crippen molar-refractivity contribution in [2.75, 3.05) is 14.1 Å². The largest absolute Gasteiger partial charge is 0.461 e. The molecule has 2 heterocycles. The van der Waals surface area contributed by atoms with Crippen molar-refractivity contribution < 1.29 is 4.42 Å². The molecule has 26 heavy (non-hydrogen) atoms. The van der Waals surface area contributed by atoms with Gasteiger partial charge in [-0.3, -0.25) is 10.1 Å². The lowest BCUT2D eigenvalue weighted by atomic mass is 10.2. The molecule has 3 aromatic rings. The van der Waals surface area contributed by atoms with Gasteiger partial charge in [0.15, 0.2) is 11.7 Å². The van der Waals surface area contributed by atoms with Gasteiger partial charge in [0.05, 0.1) is 12.8 Å². The Bertz CT molecular complexity index is 849. The van der Waals surface area contributed by atoms with Gasteiger partial charge in [0.25, 0.3) is 0 Å². The molecule has 2 aromatic heterocycles. The summed E-state index contributed by atoms with van der Waals surface area (Å²) in [5.74, 6) is 2.58. The number of halogens is 2. The topological polar surface area (TPSA) is 82.3 Å².